The highest BCUT2D eigenvalue weighted by atomic mass is 16.5. The van der Waals surface area contributed by atoms with Crippen LogP contribution in [0.4, 0.5) is 4.79 Å². The molecule has 25 heavy (non-hydrogen) atoms. The van der Waals surface area contributed by atoms with Crippen LogP contribution in [0.2, 0.25) is 0 Å². The predicted octanol–water partition coefficient (Wildman–Crippen LogP) is 4.08. The zero-order chi connectivity index (χ0) is 18.1. The maximum Gasteiger partial charge on any atom is 0.407 e. The molecule has 0 fully saturated rings. The summed E-state index contributed by atoms with van der Waals surface area (Å²) in [4.78, 5) is 12.5. The molecule has 2 rings (SSSR count). The van der Waals surface area contributed by atoms with E-state index in [0.717, 1.165) is 18.4 Å². The predicted molar refractivity (Wildman–Crippen MR) is 96.7 cm³/mol. The molecule has 0 saturated heterocycles. The normalized spacial score (nSPS) is 11.8. The number of amides is 1. The van der Waals surface area contributed by atoms with Crippen molar-refractivity contribution in [2.75, 3.05) is 13.1 Å². The molecule has 0 radical (unpaired) electrons. The molecule has 0 saturated carbocycles. The Hall–Kier alpha value is -2.53. The lowest BCUT2D eigenvalue weighted by Crippen LogP contribution is -2.34. The third kappa shape index (κ3) is 6.12. The van der Waals surface area contributed by atoms with Gasteiger partial charge in [0, 0.05) is 6.54 Å². The van der Waals surface area contributed by atoms with Gasteiger partial charge in [0.15, 0.2) is 0 Å². The number of aliphatic hydroxyl groups excluding tert-OH is 1. The van der Waals surface area contributed by atoms with Crippen LogP contribution in [0.25, 0.3) is 0 Å². The quantitative estimate of drug-likeness (QED) is 0.720. The molecule has 0 unspecified atom stereocenters. The zero-order valence-corrected chi connectivity index (χ0v) is 14.5. The number of hydrogen-bond acceptors (Lipinski definition) is 3. The van der Waals surface area contributed by atoms with Crippen molar-refractivity contribution in [2.45, 2.75) is 32.5 Å². The fourth-order valence-corrected chi connectivity index (χ4v) is 2.46. The summed E-state index contributed by atoms with van der Waals surface area (Å²) in [5.74, 6) is 0.709. The van der Waals surface area contributed by atoms with Gasteiger partial charge >= 0.3 is 6.09 Å². The first-order valence-corrected chi connectivity index (χ1v) is 8.52. The van der Waals surface area contributed by atoms with Crippen molar-refractivity contribution in [1.29, 1.82) is 0 Å². The number of benzene rings is 2. The summed E-state index contributed by atoms with van der Waals surface area (Å²) in [7, 11) is 0. The van der Waals surface area contributed by atoms with Crippen LogP contribution in [-0.4, -0.2) is 34.3 Å². The Morgan fingerprint density at radius 3 is 2.40 bits per heavy atom. The number of hydrogen-bond donors (Lipinski definition) is 2. The van der Waals surface area contributed by atoms with Crippen molar-refractivity contribution in [3.63, 3.8) is 0 Å². The van der Waals surface area contributed by atoms with E-state index in [9.17, 15) is 15.0 Å². The molecule has 1 atom stereocenters. The van der Waals surface area contributed by atoms with Crippen LogP contribution in [0, 0.1) is 0 Å². The van der Waals surface area contributed by atoms with Gasteiger partial charge in [-0.25, -0.2) is 4.79 Å². The SMILES string of the molecule is CCCCN(C[C@H](O)c1ccc(OCc2ccccc2)cc1)C(=O)O. The summed E-state index contributed by atoms with van der Waals surface area (Å²) >= 11 is 0. The molecule has 0 aliphatic rings. The Kier molecular flexibility index (Phi) is 7.29. The molecule has 0 aromatic heterocycles. The Balaban J connectivity index is 1.90. The number of carboxylic acid groups (broad SMARTS) is 1. The van der Waals surface area contributed by atoms with Gasteiger partial charge in [-0.15, -0.1) is 0 Å². The highest BCUT2D eigenvalue weighted by molar-refractivity contribution is 5.65. The van der Waals surface area contributed by atoms with Crippen molar-refractivity contribution in [1.82, 2.24) is 4.90 Å². The average Bonchev–Trinajstić information content (AvgIpc) is 2.64. The van der Waals surface area contributed by atoms with Gasteiger partial charge in [0.2, 0.25) is 0 Å². The van der Waals surface area contributed by atoms with Gasteiger partial charge in [-0.1, -0.05) is 55.8 Å². The summed E-state index contributed by atoms with van der Waals surface area (Å²) in [5.41, 5.74) is 1.76. The van der Waals surface area contributed by atoms with Crippen molar-refractivity contribution in [3.05, 3.63) is 65.7 Å². The number of ether oxygens (including phenoxy) is 1. The van der Waals surface area contributed by atoms with Gasteiger partial charge in [-0.2, -0.15) is 0 Å². The van der Waals surface area contributed by atoms with Crippen molar-refractivity contribution in [3.8, 4) is 5.75 Å². The van der Waals surface area contributed by atoms with Crippen LogP contribution in [0.3, 0.4) is 0 Å². The second-order valence-corrected chi connectivity index (χ2v) is 5.94. The number of carbonyl (C=O) groups is 1. The van der Waals surface area contributed by atoms with E-state index >= 15 is 0 Å². The first kappa shape index (κ1) is 18.8. The molecule has 0 aliphatic carbocycles. The maximum atomic E-state index is 11.2. The minimum atomic E-state index is -1.00. The Labute approximate surface area is 148 Å². The molecule has 5 heteroatoms. The average molecular weight is 343 g/mol. The summed E-state index contributed by atoms with van der Waals surface area (Å²) in [6, 6.07) is 17.0. The van der Waals surface area contributed by atoms with E-state index in [2.05, 4.69) is 0 Å². The zero-order valence-electron chi connectivity index (χ0n) is 14.5. The fraction of sp³-hybridized carbons (Fsp3) is 0.350. The molecule has 0 bridgehead atoms. The van der Waals surface area contributed by atoms with Gasteiger partial charge in [0.1, 0.15) is 12.4 Å². The molecule has 5 nitrogen and oxygen atoms in total. The van der Waals surface area contributed by atoms with E-state index < -0.39 is 12.2 Å². The highest BCUT2D eigenvalue weighted by Crippen LogP contribution is 2.20. The van der Waals surface area contributed by atoms with Crippen LogP contribution in [-0.2, 0) is 6.61 Å². The molecule has 2 N–H and O–H groups in total. The molecular formula is C20H25NO4. The van der Waals surface area contributed by atoms with E-state index in [4.69, 9.17) is 4.74 Å². The number of nitrogens with zero attached hydrogens (tertiary/aromatic N) is 1. The largest absolute Gasteiger partial charge is 0.489 e. The lowest BCUT2D eigenvalue weighted by molar-refractivity contribution is 0.0961. The fourth-order valence-electron chi connectivity index (χ4n) is 2.46. The summed E-state index contributed by atoms with van der Waals surface area (Å²) < 4.78 is 5.71. The number of rotatable bonds is 9. The number of aliphatic hydroxyl groups is 1. The molecule has 2 aromatic carbocycles. The highest BCUT2D eigenvalue weighted by Gasteiger charge is 2.17. The summed E-state index contributed by atoms with van der Waals surface area (Å²) in [5, 5.41) is 19.5. The topological polar surface area (TPSA) is 70.0 Å². The maximum absolute atomic E-state index is 11.2. The Morgan fingerprint density at radius 1 is 1.12 bits per heavy atom. The monoisotopic (exact) mass is 343 g/mol. The number of unbranched alkanes of at least 4 members (excludes halogenated alkanes) is 1. The van der Waals surface area contributed by atoms with Crippen LogP contribution in [0.1, 0.15) is 37.0 Å². The lowest BCUT2D eigenvalue weighted by atomic mass is 10.1. The van der Waals surface area contributed by atoms with Crippen molar-refractivity contribution >= 4 is 6.09 Å². The minimum Gasteiger partial charge on any atom is -0.489 e. The second kappa shape index (κ2) is 9.69. The molecule has 134 valence electrons. The second-order valence-electron chi connectivity index (χ2n) is 5.94. The Morgan fingerprint density at radius 2 is 1.80 bits per heavy atom. The molecule has 2 aromatic rings. The van der Waals surface area contributed by atoms with Gasteiger partial charge in [-0.05, 0) is 29.7 Å². The molecule has 0 aliphatic heterocycles. The van der Waals surface area contributed by atoms with Crippen molar-refractivity contribution < 1.29 is 19.7 Å². The van der Waals surface area contributed by atoms with Gasteiger partial charge in [-0.3, -0.25) is 0 Å². The van der Waals surface area contributed by atoms with E-state index in [0.29, 0.717) is 24.5 Å². The van der Waals surface area contributed by atoms with Gasteiger partial charge < -0.3 is 19.8 Å². The molecule has 0 heterocycles. The van der Waals surface area contributed by atoms with Crippen LogP contribution in [0.15, 0.2) is 54.6 Å². The first-order chi connectivity index (χ1) is 12.1. The van der Waals surface area contributed by atoms with Crippen LogP contribution in [0.5, 0.6) is 5.75 Å². The summed E-state index contributed by atoms with van der Waals surface area (Å²) in [6.07, 6.45) is -0.162. The van der Waals surface area contributed by atoms with Crippen LogP contribution >= 0.6 is 0 Å². The standard InChI is InChI=1S/C20H25NO4/c1-2-3-13-21(20(23)24)14-19(22)17-9-11-18(12-10-17)25-15-16-7-5-4-6-8-16/h4-12,19,22H,2-3,13-15H2,1H3,(H,23,24)/t19-/m0/s1. The molecular weight excluding hydrogens is 318 g/mol. The lowest BCUT2D eigenvalue weighted by Gasteiger charge is -2.22. The van der Waals surface area contributed by atoms with Gasteiger partial charge in [0.25, 0.3) is 0 Å². The first-order valence-electron chi connectivity index (χ1n) is 8.52. The van der Waals surface area contributed by atoms with E-state index in [1.165, 1.54) is 4.90 Å². The van der Waals surface area contributed by atoms with E-state index in [1.807, 2.05) is 37.3 Å². The van der Waals surface area contributed by atoms with Crippen LogP contribution < -0.4 is 4.74 Å². The summed E-state index contributed by atoms with van der Waals surface area (Å²) in [6.45, 7) is 2.98. The van der Waals surface area contributed by atoms with E-state index in [-0.39, 0.29) is 6.54 Å². The van der Waals surface area contributed by atoms with E-state index in [1.54, 1.807) is 24.3 Å². The Bertz CT molecular complexity index is 643. The van der Waals surface area contributed by atoms with Gasteiger partial charge in [0.05, 0.1) is 12.6 Å². The molecule has 0 spiro atoms. The van der Waals surface area contributed by atoms with Crippen molar-refractivity contribution in [2.24, 2.45) is 0 Å². The third-order valence-electron chi connectivity index (χ3n) is 3.96. The third-order valence-corrected chi connectivity index (χ3v) is 3.96. The molecule has 1 amide bonds. The minimum absolute atomic E-state index is 0.0690. The smallest absolute Gasteiger partial charge is 0.407 e.